The average Bonchev–Trinajstić information content (AvgIpc) is 3.13. The number of rotatable bonds is 6. The number of thiazole rings is 1. The molecule has 2 aliphatic rings. The van der Waals surface area contributed by atoms with Crippen LogP contribution in [0.5, 0.6) is 0 Å². The lowest BCUT2D eigenvalue weighted by Crippen LogP contribution is -2.44. The molecule has 3 rings (SSSR count). The monoisotopic (exact) mass is 325 g/mol. The van der Waals surface area contributed by atoms with Crippen LogP contribution in [0.25, 0.3) is 0 Å². The van der Waals surface area contributed by atoms with Crippen LogP contribution in [0.3, 0.4) is 0 Å². The SMILES string of the molecule is COCC(=O)NC[C@]12COC[C@H]1CN(Cc1scnc1C)C2. The second-order valence-corrected chi connectivity index (χ2v) is 7.25. The third-order valence-electron chi connectivity index (χ3n) is 4.72. The second kappa shape index (κ2) is 6.62. The number of carbonyl (C=O) groups is 1. The van der Waals surface area contributed by atoms with E-state index in [9.17, 15) is 4.79 Å². The Morgan fingerprint density at radius 1 is 1.68 bits per heavy atom. The van der Waals surface area contributed by atoms with E-state index in [1.165, 1.54) is 12.0 Å². The predicted molar refractivity (Wildman–Crippen MR) is 83.8 cm³/mol. The fraction of sp³-hybridized carbons (Fsp3) is 0.733. The first-order valence-corrected chi connectivity index (χ1v) is 8.45. The summed E-state index contributed by atoms with van der Waals surface area (Å²) in [5.41, 5.74) is 3.08. The molecule has 122 valence electrons. The Hall–Kier alpha value is -1.02. The summed E-state index contributed by atoms with van der Waals surface area (Å²) in [7, 11) is 1.54. The lowest BCUT2D eigenvalue weighted by Gasteiger charge is -2.27. The first kappa shape index (κ1) is 15.9. The molecule has 0 bridgehead atoms. The topological polar surface area (TPSA) is 63.7 Å². The quantitative estimate of drug-likeness (QED) is 0.832. The van der Waals surface area contributed by atoms with E-state index in [4.69, 9.17) is 9.47 Å². The Balaban J connectivity index is 1.61. The second-order valence-electron chi connectivity index (χ2n) is 6.31. The van der Waals surface area contributed by atoms with Crippen molar-refractivity contribution < 1.29 is 14.3 Å². The molecule has 22 heavy (non-hydrogen) atoms. The fourth-order valence-corrected chi connectivity index (χ4v) is 4.27. The normalized spacial score (nSPS) is 28.0. The third kappa shape index (κ3) is 3.17. The lowest BCUT2D eigenvalue weighted by molar-refractivity contribution is -0.125. The van der Waals surface area contributed by atoms with Gasteiger partial charge in [-0.3, -0.25) is 9.69 Å². The van der Waals surface area contributed by atoms with Gasteiger partial charge in [-0.15, -0.1) is 11.3 Å². The van der Waals surface area contributed by atoms with E-state index in [0.717, 1.165) is 38.5 Å². The van der Waals surface area contributed by atoms with E-state index in [0.29, 0.717) is 12.5 Å². The molecule has 0 unspecified atom stereocenters. The van der Waals surface area contributed by atoms with Crippen LogP contribution >= 0.6 is 11.3 Å². The summed E-state index contributed by atoms with van der Waals surface area (Å²) in [6.45, 7) is 7.29. The largest absolute Gasteiger partial charge is 0.380 e. The van der Waals surface area contributed by atoms with Crippen molar-refractivity contribution in [3.63, 3.8) is 0 Å². The maximum absolute atomic E-state index is 11.7. The summed E-state index contributed by atoms with van der Waals surface area (Å²) in [4.78, 5) is 19.8. The van der Waals surface area contributed by atoms with Gasteiger partial charge in [0.15, 0.2) is 0 Å². The summed E-state index contributed by atoms with van der Waals surface area (Å²) < 4.78 is 10.6. The van der Waals surface area contributed by atoms with Gasteiger partial charge in [0, 0.05) is 49.5 Å². The van der Waals surface area contributed by atoms with Crippen LogP contribution in [0, 0.1) is 18.3 Å². The van der Waals surface area contributed by atoms with Crippen molar-refractivity contribution in [2.24, 2.45) is 11.3 Å². The number of nitrogens with one attached hydrogen (secondary N) is 1. The van der Waals surface area contributed by atoms with Gasteiger partial charge in [-0.1, -0.05) is 0 Å². The number of hydrogen-bond acceptors (Lipinski definition) is 6. The van der Waals surface area contributed by atoms with Gasteiger partial charge in [0.05, 0.1) is 24.4 Å². The maximum atomic E-state index is 11.7. The van der Waals surface area contributed by atoms with Crippen LogP contribution in [-0.4, -0.2) is 62.4 Å². The Morgan fingerprint density at radius 2 is 2.55 bits per heavy atom. The van der Waals surface area contributed by atoms with Gasteiger partial charge in [0.2, 0.25) is 5.91 Å². The molecule has 1 aromatic heterocycles. The summed E-state index contributed by atoms with van der Waals surface area (Å²) in [6, 6.07) is 0. The summed E-state index contributed by atoms with van der Waals surface area (Å²) in [5.74, 6) is 0.433. The number of fused-ring (bicyclic) bond motifs is 1. The van der Waals surface area contributed by atoms with Crippen molar-refractivity contribution in [2.45, 2.75) is 13.5 Å². The molecule has 7 heteroatoms. The highest BCUT2D eigenvalue weighted by Crippen LogP contribution is 2.41. The van der Waals surface area contributed by atoms with E-state index in [-0.39, 0.29) is 17.9 Å². The van der Waals surface area contributed by atoms with Crippen LogP contribution in [0.15, 0.2) is 5.51 Å². The molecular formula is C15H23N3O3S. The molecular weight excluding hydrogens is 302 g/mol. The van der Waals surface area contributed by atoms with Crippen LogP contribution < -0.4 is 5.32 Å². The summed E-state index contributed by atoms with van der Waals surface area (Å²) in [6.07, 6.45) is 0. The number of amides is 1. The van der Waals surface area contributed by atoms with Gasteiger partial charge in [0.1, 0.15) is 6.61 Å². The highest BCUT2D eigenvalue weighted by molar-refractivity contribution is 7.09. The Labute approximate surface area is 134 Å². The standard InChI is InChI=1S/C15H23N3O3S/c1-11-13(22-10-17-11)4-18-3-12-5-21-9-15(12,8-18)7-16-14(19)6-20-2/h10,12H,3-9H2,1-2H3,(H,16,19)/t12-,15+/m1/s1. The molecule has 0 aliphatic carbocycles. The van der Waals surface area contributed by atoms with E-state index in [1.807, 2.05) is 5.51 Å². The predicted octanol–water partition coefficient (Wildman–Crippen LogP) is 0.663. The molecule has 2 atom stereocenters. The van der Waals surface area contributed by atoms with Gasteiger partial charge in [-0.2, -0.15) is 0 Å². The zero-order valence-electron chi connectivity index (χ0n) is 13.1. The molecule has 1 aromatic rings. The van der Waals surface area contributed by atoms with Gasteiger partial charge >= 0.3 is 0 Å². The van der Waals surface area contributed by atoms with Crippen LogP contribution in [0.4, 0.5) is 0 Å². The Bertz CT molecular complexity index is 536. The van der Waals surface area contributed by atoms with Crippen LogP contribution in [0.2, 0.25) is 0 Å². The maximum Gasteiger partial charge on any atom is 0.246 e. The smallest absolute Gasteiger partial charge is 0.246 e. The lowest BCUT2D eigenvalue weighted by atomic mass is 9.81. The zero-order valence-corrected chi connectivity index (χ0v) is 13.9. The number of nitrogens with zero attached hydrogens (tertiary/aromatic N) is 2. The van der Waals surface area contributed by atoms with Crippen molar-refractivity contribution >= 4 is 17.2 Å². The number of aryl methyl sites for hydroxylation is 1. The average molecular weight is 325 g/mol. The van der Waals surface area contributed by atoms with E-state index >= 15 is 0 Å². The Morgan fingerprint density at radius 3 is 3.27 bits per heavy atom. The van der Waals surface area contributed by atoms with E-state index in [1.54, 1.807) is 11.3 Å². The molecule has 1 amide bonds. The van der Waals surface area contributed by atoms with Crippen LogP contribution in [0.1, 0.15) is 10.6 Å². The van der Waals surface area contributed by atoms with Crippen molar-refractivity contribution in [3.05, 3.63) is 16.1 Å². The molecule has 2 aliphatic heterocycles. The van der Waals surface area contributed by atoms with Crippen molar-refractivity contribution in [3.8, 4) is 0 Å². The molecule has 2 fully saturated rings. The number of hydrogen-bond donors (Lipinski definition) is 1. The Kier molecular flexibility index (Phi) is 4.77. The molecule has 0 radical (unpaired) electrons. The number of methoxy groups -OCH3 is 1. The van der Waals surface area contributed by atoms with E-state index in [2.05, 4.69) is 22.1 Å². The van der Waals surface area contributed by atoms with Crippen molar-refractivity contribution in [2.75, 3.05) is 46.6 Å². The number of carbonyl (C=O) groups excluding carboxylic acids is 1. The minimum Gasteiger partial charge on any atom is -0.380 e. The highest BCUT2D eigenvalue weighted by atomic mass is 32.1. The summed E-state index contributed by atoms with van der Waals surface area (Å²) in [5, 5.41) is 3.00. The van der Waals surface area contributed by atoms with Gasteiger partial charge in [-0.25, -0.2) is 4.98 Å². The van der Waals surface area contributed by atoms with Crippen LogP contribution in [-0.2, 0) is 20.8 Å². The number of aromatic nitrogens is 1. The minimum atomic E-state index is -0.0562. The summed E-state index contributed by atoms with van der Waals surface area (Å²) >= 11 is 1.72. The van der Waals surface area contributed by atoms with Crippen molar-refractivity contribution in [1.29, 1.82) is 0 Å². The molecule has 1 N–H and O–H groups in total. The molecule has 2 saturated heterocycles. The third-order valence-corrected chi connectivity index (χ3v) is 5.64. The molecule has 6 nitrogen and oxygen atoms in total. The first-order valence-electron chi connectivity index (χ1n) is 7.58. The first-order chi connectivity index (χ1) is 10.6. The highest BCUT2D eigenvalue weighted by Gasteiger charge is 2.50. The zero-order chi connectivity index (χ0) is 15.6. The van der Waals surface area contributed by atoms with Gasteiger partial charge < -0.3 is 14.8 Å². The number of likely N-dealkylation sites (tertiary alicyclic amines) is 1. The fourth-order valence-electron chi connectivity index (χ4n) is 3.45. The minimum absolute atomic E-state index is 0.0436. The van der Waals surface area contributed by atoms with Crippen molar-refractivity contribution in [1.82, 2.24) is 15.2 Å². The number of ether oxygens (including phenoxy) is 2. The molecule has 0 saturated carbocycles. The van der Waals surface area contributed by atoms with Gasteiger partial charge in [0.25, 0.3) is 0 Å². The molecule has 3 heterocycles. The molecule has 0 spiro atoms. The van der Waals surface area contributed by atoms with E-state index < -0.39 is 0 Å². The molecule has 0 aromatic carbocycles. The van der Waals surface area contributed by atoms with Gasteiger partial charge in [-0.05, 0) is 6.92 Å².